The molecule has 5 aliphatic rings. The highest BCUT2D eigenvalue weighted by molar-refractivity contribution is 8.00. The highest BCUT2D eigenvalue weighted by atomic mass is 32.2. The van der Waals surface area contributed by atoms with E-state index in [1.165, 1.54) is 24.3 Å². The number of ether oxygens (including phenoxy) is 6. The zero-order chi connectivity index (χ0) is 31.4. The summed E-state index contributed by atoms with van der Waals surface area (Å²) in [6, 6.07) is 0. The summed E-state index contributed by atoms with van der Waals surface area (Å²) < 4.78 is 54.7. The Labute approximate surface area is 265 Å². The molecule has 5 heterocycles. The molecule has 0 unspecified atom stereocenters. The van der Waals surface area contributed by atoms with E-state index in [0.29, 0.717) is 31.2 Å². The largest absolute Gasteiger partial charge is 0.380 e. The average Bonchev–Trinajstić information content (AvgIpc) is 3.76. The van der Waals surface area contributed by atoms with E-state index in [0.717, 1.165) is 35.4 Å². The third-order valence-corrected chi connectivity index (χ3v) is 14.7. The first-order valence-corrected chi connectivity index (χ1v) is 19.5. The van der Waals surface area contributed by atoms with E-state index < -0.39 is 9.84 Å². The highest BCUT2D eigenvalue weighted by Gasteiger charge is 2.42. The molecule has 250 valence electrons. The third kappa shape index (κ3) is 11.0. The van der Waals surface area contributed by atoms with Gasteiger partial charge in [-0.15, -0.1) is 0 Å². The van der Waals surface area contributed by atoms with E-state index in [9.17, 15) is 8.42 Å². The van der Waals surface area contributed by atoms with Gasteiger partial charge in [0.15, 0.2) is 16.1 Å². The van der Waals surface area contributed by atoms with Gasteiger partial charge in [0.05, 0.1) is 48.6 Å². The summed E-state index contributed by atoms with van der Waals surface area (Å²) in [4.78, 5) is 0. The third-order valence-electron chi connectivity index (χ3n) is 8.79. The van der Waals surface area contributed by atoms with Gasteiger partial charge in [-0.25, -0.2) is 8.42 Å². The Bertz CT molecular complexity index is 806. The maximum atomic E-state index is 11.5. The fourth-order valence-corrected chi connectivity index (χ4v) is 11.9. The summed E-state index contributed by atoms with van der Waals surface area (Å²) in [5.41, 5.74) is 0. The van der Waals surface area contributed by atoms with Crippen molar-refractivity contribution in [3.63, 3.8) is 0 Å². The first kappa shape index (κ1) is 38.6. The summed E-state index contributed by atoms with van der Waals surface area (Å²) in [5, 5.41) is 1.19. The average molecular weight is 657 g/mol. The zero-order valence-electron chi connectivity index (χ0n) is 27.8. The summed E-state index contributed by atoms with van der Waals surface area (Å²) in [6.45, 7) is 14.5. The van der Waals surface area contributed by atoms with Gasteiger partial charge >= 0.3 is 0 Å². The van der Waals surface area contributed by atoms with Crippen molar-refractivity contribution in [1.82, 2.24) is 0 Å². The predicted octanol–water partition coefficient (Wildman–Crippen LogP) is 5.56. The van der Waals surface area contributed by atoms with Crippen molar-refractivity contribution in [2.24, 2.45) is 23.7 Å². The van der Waals surface area contributed by atoms with Gasteiger partial charge in [-0.05, 0) is 54.9 Å². The van der Waals surface area contributed by atoms with Gasteiger partial charge in [-0.2, -0.15) is 23.5 Å². The Morgan fingerprint density at radius 2 is 1.14 bits per heavy atom. The minimum Gasteiger partial charge on any atom is -0.380 e. The molecule has 0 N–H and O–H groups in total. The number of rotatable bonds is 7. The minimum atomic E-state index is -2.87. The molecule has 9 atom stereocenters. The molecule has 0 radical (unpaired) electrons. The topological polar surface area (TPSA) is 89.5 Å². The van der Waals surface area contributed by atoms with Crippen LogP contribution in [0.1, 0.15) is 67.2 Å². The summed E-state index contributed by atoms with van der Waals surface area (Å²) in [5.74, 6) is 5.01. The molecule has 42 heavy (non-hydrogen) atoms. The normalized spacial score (nSPS) is 36.7. The number of methoxy groups -OCH3 is 4. The Morgan fingerprint density at radius 1 is 0.643 bits per heavy atom. The van der Waals surface area contributed by atoms with Crippen molar-refractivity contribution in [2.75, 3.05) is 58.9 Å². The van der Waals surface area contributed by atoms with Gasteiger partial charge in [0.25, 0.3) is 0 Å². The number of fused-ring (bicyclic) bond motifs is 1. The Hall–Kier alpha value is 0.410. The quantitative estimate of drug-likeness (QED) is 0.347. The fraction of sp³-hybridized carbons (Fsp3) is 1.00. The monoisotopic (exact) mass is 656 g/mol. The van der Waals surface area contributed by atoms with Gasteiger partial charge in [-0.1, -0.05) is 41.5 Å². The summed E-state index contributed by atoms with van der Waals surface area (Å²) in [6.07, 6.45) is 5.47. The molecule has 11 heteroatoms. The van der Waals surface area contributed by atoms with Crippen LogP contribution in [-0.4, -0.2) is 114 Å². The van der Waals surface area contributed by atoms with Crippen LogP contribution in [0.3, 0.4) is 0 Å². The van der Waals surface area contributed by atoms with E-state index in [-0.39, 0.29) is 35.4 Å². The van der Waals surface area contributed by atoms with Crippen molar-refractivity contribution in [1.29, 1.82) is 0 Å². The molecule has 0 aliphatic carbocycles. The summed E-state index contributed by atoms with van der Waals surface area (Å²) in [7, 11) is 4.09. The molecular formula is C31H60O8S3. The zero-order valence-corrected chi connectivity index (χ0v) is 30.2. The molecular weight excluding hydrogens is 597 g/mol. The van der Waals surface area contributed by atoms with Gasteiger partial charge in [-0.3, -0.25) is 0 Å². The number of hydrogen-bond donors (Lipinski definition) is 0. The van der Waals surface area contributed by atoms with Gasteiger partial charge < -0.3 is 28.4 Å². The lowest BCUT2D eigenvalue weighted by atomic mass is 10.0. The first-order valence-electron chi connectivity index (χ1n) is 15.7. The van der Waals surface area contributed by atoms with Crippen LogP contribution in [0.15, 0.2) is 0 Å². The molecule has 0 amide bonds. The van der Waals surface area contributed by atoms with E-state index in [1.54, 1.807) is 14.2 Å². The van der Waals surface area contributed by atoms with Crippen molar-refractivity contribution in [3.8, 4) is 0 Å². The van der Waals surface area contributed by atoms with Gasteiger partial charge in [0.2, 0.25) is 0 Å². The Kier molecular flexibility index (Phi) is 17.6. The number of thioether (sulfide) groups is 2. The number of hydrogen-bond acceptors (Lipinski definition) is 10. The number of sulfone groups is 1. The lowest BCUT2D eigenvalue weighted by Gasteiger charge is -2.20. The lowest BCUT2D eigenvalue weighted by Crippen LogP contribution is -2.32. The van der Waals surface area contributed by atoms with Crippen LogP contribution in [0, 0.1) is 23.7 Å². The minimum absolute atomic E-state index is 0.0324. The maximum Gasteiger partial charge on any atom is 0.163 e. The fourth-order valence-electron chi connectivity index (χ4n) is 6.51. The SMILES string of the molecule is CO[C@@H]1CCS[C@@H]1C(C)C.CO[C@H]1CCS(=O)(=O)[C@H]1C(C)C.CO[C@H]1CCS[C@H]1C(C)C.CO[C@H]1CO[C@H]2OCC[C@H]21. The smallest absolute Gasteiger partial charge is 0.163 e. The van der Waals surface area contributed by atoms with Gasteiger partial charge in [0, 0.05) is 44.9 Å². The molecule has 5 fully saturated rings. The van der Waals surface area contributed by atoms with Crippen LogP contribution in [0.4, 0.5) is 0 Å². The Morgan fingerprint density at radius 3 is 1.52 bits per heavy atom. The highest BCUT2D eigenvalue weighted by Crippen LogP contribution is 2.35. The molecule has 0 aromatic heterocycles. The van der Waals surface area contributed by atoms with Crippen LogP contribution in [0.25, 0.3) is 0 Å². The Balaban J connectivity index is 0.000000196. The van der Waals surface area contributed by atoms with Crippen LogP contribution in [-0.2, 0) is 38.3 Å². The van der Waals surface area contributed by atoms with Crippen molar-refractivity contribution >= 4 is 33.4 Å². The molecule has 5 aliphatic heterocycles. The molecule has 0 aromatic rings. The van der Waals surface area contributed by atoms with Crippen LogP contribution in [0.5, 0.6) is 0 Å². The van der Waals surface area contributed by atoms with Crippen LogP contribution >= 0.6 is 23.5 Å². The van der Waals surface area contributed by atoms with Crippen molar-refractivity contribution in [2.45, 2.75) is 114 Å². The molecule has 0 saturated carbocycles. The second-order valence-electron chi connectivity index (χ2n) is 12.7. The van der Waals surface area contributed by atoms with E-state index >= 15 is 0 Å². The molecule has 0 bridgehead atoms. The molecule has 5 saturated heterocycles. The van der Waals surface area contributed by atoms with E-state index in [1.807, 2.05) is 28.1 Å². The van der Waals surface area contributed by atoms with Crippen LogP contribution < -0.4 is 0 Å². The van der Waals surface area contributed by atoms with Gasteiger partial charge in [0.1, 0.15) is 0 Å². The predicted molar refractivity (Wildman–Crippen MR) is 175 cm³/mol. The lowest BCUT2D eigenvalue weighted by molar-refractivity contribution is -0.0907. The van der Waals surface area contributed by atoms with Crippen molar-refractivity contribution in [3.05, 3.63) is 0 Å². The molecule has 8 nitrogen and oxygen atoms in total. The standard InChI is InChI=1S/C8H16O3S.2C8H16OS.C7H12O3/c1-6(2)8-7(11-3)4-5-12(8,9)10;2*1-6(2)8-7(9-3)4-5-10-8;1-8-6-4-10-7-5(6)2-3-9-7/h6-8H,4-5H2,1-3H3;2*6-8H,4-5H2,1-3H3;5-7H,2-4H2,1H3/t3*7-,8-;5-,6-,7+/m0100/s1. The second kappa shape index (κ2) is 19.2. The van der Waals surface area contributed by atoms with Crippen LogP contribution in [0.2, 0.25) is 0 Å². The molecule has 5 rings (SSSR count). The molecule has 0 spiro atoms. The first-order chi connectivity index (χ1) is 19.9. The second-order valence-corrected chi connectivity index (χ2v) is 17.6. The van der Waals surface area contributed by atoms with E-state index in [4.69, 9.17) is 28.4 Å². The molecule has 0 aromatic carbocycles. The maximum absolute atomic E-state index is 11.5. The van der Waals surface area contributed by atoms with E-state index in [2.05, 4.69) is 51.2 Å². The summed E-state index contributed by atoms with van der Waals surface area (Å²) >= 11 is 4.12. The van der Waals surface area contributed by atoms with Crippen molar-refractivity contribution < 1.29 is 36.8 Å².